The van der Waals surface area contributed by atoms with Crippen LogP contribution < -0.4 is 11.1 Å². The number of carbonyl (C=O) groups excluding carboxylic acids is 1. The van der Waals surface area contributed by atoms with Crippen molar-refractivity contribution >= 4 is 22.0 Å². The molecule has 0 aromatic heterocycles. The molecular formula is C8H8BrFN2O. The molecule has 13 heavy (non-hydrogen) atoms. The highest BCUT2D eigenvalue weighted by atomic mass is 79.9. The van der Waals surface area contributed by atoms with Crippen LogP contribution in [0.4, 0.5) is 9.18 Å². The van der Waals surface area contributed by atoms with Crippen molar-refractivity contribution < 1.29 is 9.18 Å². The second-order valence-electron chi connectivity index (χ2n) is 2.47. The molecule has 3 N–H and O–H groups in total. The summed E-state index contributed by atoms with van der Waals surface area (Å²) in [6.07, 6.45) is 0. The summed E-state index contributed by atoms with van der Waals surface area (Å²) in [5.41, 5.74) is 5.52. The van der Waals surface area contributed by atoms with E-state index >= 15 is 0 Å². The number of nitrogens with two attached hydrogens (primary N) is 1. The van der Waals surface area contributed by atoms with Crippen LogP contribution in [0.25, 0.3) is 0 Å². The summed E-state index contributed by atoms with van der Waals surface area (Å²) in [5.74, 6) is -0.358. The number of hydrogen-bond donors (Lipinski definition) is 2. The minimum Gasteiger partial charge on any atom is -0.352 e. The lowest BCUT2D eigenvalue weighted by Gasteiger charge is -2.02. The van der Waals surface area contributed by atoms with Gasteiger partial charge < -0.3 is 11.1 Å². The quantitative estimate of drug-likeness (QED) is 0.821. The number of urea groups is 1. The van der Waals surface area contributed by atoms with E-state index in [1.54, 1.807) is 12.1 Å². The molecular weight excluding hydrogens is 239 g/mol. The predicted octanol–water partition coefficient (Wildman–Crippen LogP) is 1.76. The molecule has 70 valence electrons. The van der Waals surface area contributed by atoms with Crippen LogP contribution in [0.1, 0.15) is 5.56 Å². The Morgan fingerprint density at radius 3 is 2.85 bits per heavy atom. The maximum Gasteiger partial charge on any atom is 0.312 e. The Labute approximate surface area is 83.2 Å². The zero-order valence-electron chi connectivity index (χ0n) is 6.68. The summed E-state index contributed by atoms with van der Waals surface area (Å²) in [7, 11) is 0. The van der Waals surface area contributed by atoms with Gasteiger partial charge in [-0.2, -0.15) is 0 Å². The van der Waals surface area contributed by atoms with Crippen molar-refractivity contribution in [3.63, 3.8) is 0 Å². The lowest BCUT2D eigenvalue weighted by atomic mass is 10.2. The zero-order chi connectivity index (χ0) is 9.84. The second-order valence-corrected chi connectivity index (χ2v) is 3.32. The van der Waals surface area contributed by atoms with Crippen LogP contribution in [0.15, 0.2) is 22.7 Å². The van der Waals surface area contributed by atoms with E-state index in [0.29, 0.717) is 10.0 Å². The highest BCUT2D eigenvalue weighted by molar-refractivity contribution is 9.10. The molecule has 0 atom stereocenters. The molecule has 0 saturated carbocycles. The average Bonchev–Trinajstić information content (AvgIpc) is 2.07. The smallest absolute Gasteiger partial charge is 0.312 e. The fourth-order valence-corrected chi connectivity index (χ4v) is 1.09. The van der Waals surface area contributed by atoms with E-state index in [9.17, 15) is 9.18 Å². The molecule has 0 spiro atoms. The molecule has 2 amide bonds. The fraction of sp³-hybridized carbons (Fsp3) is 0.125. The molecule has 5 heteroatoms. The Kier molecular flexibility index (Phi) is 3.25. The van der Waals surface area contributed by atoms with Crippen molar-refractivity contribution in [3.8, 4) is 0 Å². The lowest BCUT2D eigenvalue weighted by Crippen LogP contribution is -2.28. The number of benzene rings is 1. The minimum atomic E-state index is -0.622. The first-order valence-electron chi connectivity index (χ1n) is 3.57. The molecule has 3 nitrogen and oxygen atoms in total. The topological polar surface area (TPSA) is 55.1 Å². The SMILES string of the molecule is NC(=O)NCc1ccc(Br)c(F)c1. The van der Waals surface area contributed by atoms with Gasteiger partial charge in [0, 0.05) is 6.54 Å². The van der Waals surface area contributed by atoms with E-state index in [4.69, 9.17) is 5.73 Å². The van der Waals surface area contributed by atoms with Crippen molar-refractivity contribution in [2.24, 2.45) is 5.73 Å². The first-order valence-corrected chi connectivity index (χ1v) is 4.36. The van der Waals surface area contributed by atoms with E-state index in [0.717, 1.165) is 0 Å². The third-order valence-electron chi connectivity index (χ3n) is 1.45. The van der Waals surface area contributed by atoms with Gasteiger partial charge in [0.1, 0.15) is 5.82 Å². The maximum absolute atomic E-state index is 12.9. The van der Waals surface area contributed by atoms with Crippen molar-refractivity contribution in [1.82, 2.24) is 5.32 Å². The van der Waals surface area contributed by atoms with Gasteiger partial charge in [0.15, 0.2) is 0 Å². The normalized spacial score (nSPS) is 9.69. The van der Waals surface area contributed by atoms with Gasteiger partial charge in [-0.1, -0.05) is 6.07 Å². The van der Waals surface area contributed by atoms with Crippen LogP contribution in [0.3, 0.4) is 0 Å². The summed E-state index contributed by atoms with van der Waals surface area (Å²) in [6, 6.07) is 3.99. The first-order chi connectivity index (χ1) is 6.09. The Bertz CT molecular complexity index is 330. The molecule has 0 aliphatic carbocycles. The first kappa shape index (κ1) is 9.98. The molecule has 0 saturated heterocycles. The number of amides is 2. The van der Waals surface area contributed by atoms with Crippen LogP contribution >= 0.6 is 15.9 Å². The Hall–Kier alpha value is -1.10. The number of hydrogen-bond acceptors (Lipinski definition) is 1. The van der Waals surface area contributed by atoms with E-state index in [1.165, 1.54) is 6.07 Å². The Balaban J connectivity index is 2.68. The molecule has 1 aromatic carbocycles. The highest BCUT2D eigenvalue weighted by Crippen LogP contribution is 2.15. The van der Waals surface area contributed by atoms with Crippen LogP contribution in [0.2, 0.25) is 0 Å². The Morgan fingerprint density at radius 1 is 1.62 bits per heavy atom. The zero-order valence-corrected chi connectivity index (χ0v) is 8.27. The number of rotatable bonds is 2. The lowest BCUT2D eigenvalue weighted by molar-refractivity contribution is 0.248. The standard InChI is InChI=1S/C8H8BrFN2O/c9-6-2-1-5(3-7(6)10)4-12-8(11)13/h1-3H,4H2,(H3,11,12,13). The molecule has 0 bridgehead atoms. The summed E-state index contributed by atoms with van der Waals surface area (Å²) in [5, 5.41) is 2.37. The van der Waals surface area contributed by atoms with Gasteiger partial charge in [-0.25, -0.2) is 9.18 Å². The number of carbonyl (C=O) groups is 1. The summed E-state index contributed by atoms with van der Waals surface area (Å²) in [6.45, 7) is 0.236. The number of primary amides is 1. The van der Waals surface area contributed by atoms with Crippen molar-refractivity contribution in [2.45, 2.75) is 6.54 Å². The van der Waals surface area contributed by atoms with Gasteiger partial charge >= 0.3 is 6.03 Å². The predicted molar refractivity (Wildman–Crippen MR) is 50.5 cm³/mol. The monoisotopic (exact) mass is 246 g/mol. The molecule has 0 heterocycles. The van der Waals surface area contributed by atoms with Crippen molar-refractivity contribution in [2.75, 3.05) is 0 Å². The van der Waals surface area contributed by atoms with Gasteiger partial charge in [0.2, 0.25) is 0 Å². The molecule has 0 aliphatic heterocycles. The van der Waals surface area contributed by atoms with Crippen LogP contribution in [-0.4, -0.2) is 6.03 Å². The Morgan fingerprint density at radius 2 is 2.31 bits per heavy atom. The van der Waals surface area contributed by atoms with Gasteiger partial charge in [-0.3, -0.25) is 0 Å². The average molecular weight is 247 g/mol. The van der Waals surface area contributed by atoms with E-state index < -0.39 is 6.03 Å². The second kappa shape index (κ2) is 4.23. The van der Waals surface area contributed by atoms with Crippen LogP contribution in [0.5, 0.6) is 0 Å². The summed E-state index contributed by atoms with van der Waals surface area (Å²) in [4.78, 5) is 10.3. The molecule has 0 unspecified atom stereocenters. The minimum absolute atomic E-state index is 0.236. The molecule has 0 radical (unpaired) electrons. The van der Waals surface area contributed by atoms with Crippen LogP contribution in [-0.2, 0) is 6.54 Å². The van der Waals surface area contributed by atoms with Gasteiger partial charge in [0.05, 0.1) is 4.47 Å². The number of nitrogens with one attached hydrogen (secondary N) is 1. The molecule has 1 aromatic rings. The van der Waals surface area contributed by atoms with Gasteiger partial charge in [0.25, 0.3) is 0 Å². The van der Waals surface area contributed by atoms with E-state index in [1.807, 2.05) is 0 Å². The van der Waals surface area contributed by atoms with E-state index in [-0.39, 0.29) is 12.4 Å². The third kappa shape index (κ3) is 3.02. The van der Waals surface area contributed by atoms with Crippen LogP contribution in [0, 0.1) is 5.82 Å². The highest BCUT2D eigenvalue weighted by Gasteiger charge is 2.00. The summed E-state index contributed by atoms with van der Waals surface area (Å²) < 4.78 is 13.3. The molecule has 1 rings (SSSR count). The molecule has 0 fully saturated rings. The van der Waals surface area contributed by atoms with E-state index in [2.05, 4.69) is 21.2 Å². The van der Waals surface area contributed by atoms with Gasteiger partial charge in [-0.05, 0) is 33.6 Å². The third-order valence-corrected chi connectivity index (χ3v) is 2.09. The largest absolute Gasteiger partial charge is 0.352 e. The van der Waals surface area contributed by atoms with Crippen molar-refractivity contribution in [3.05, 3.63) is 34.1 Å². The summed E-state index contributed by atoms with van der Waals surface area (Å²) >= 11 is 3.02. The molecule has 0 aliphatic rings. The van der Waals surface area contributed by atoms with Gasteiger partial charge in [-0.15, -0.1) is 0 Å². The van der Waals surface area contributed by atoms with Crippen molar-refractivity contribution in [1.29, 1.82) is 0 Å². The fourth-order valence-electron chi connectivity index (χ4n) is 0.839. The number of halogens is 2. The maximum atomic E-state index is 12.9.